The molecule has 5 nitrogen and oxygen atoms in total. The molecule has 0 fully saturated rings. The monoisotopic (exact) mass is 630 g/mol. The maximum atomic E-state index is 13.6. The van der Waals surface area contributed by atoms with Crippen LogP contribution in [-0.2, 0) is 12.8 Å². The minimum atomic E-state index is -0.311. The van der Waals surface area contributed by atoms with E-state index in [1.165, 1.54) is 24.3 Å². The summed E-state index contributed by atoms with van der Waals surface area (Å²) in [4.78, 5) is 18.7. The van der Waals surface area contributed by atoms with Crippen LogP contribution in [0.4, 0.5) is 8.78 Å². The lowest BCUT2D eigenvalue weighted by Gasteiger charge is -2.18. The first kappa shape index (κ1) is 27.3. The zero-order valence-electron chi connectivity index (χ0n) is 20.6. The minimum Gasteiger partial charge on any atom is -0.420 e. The number of nitrogens with zero attached hydrogens (tertiary/aromatic N) is 4. The Balaban J connectivity index is 1.86. The number of benzene rings is 2. The number of aryl methyl sites for hydroxylation is 2. The quantitative estimate of drug-likeness (QED) is 0.166. The van der Waals surface area contributed by atoms with Crippen LogP contribution in [0.2, 0.25) is 0 Å². The van der Waals surface area contributed by atoms with Crippen LogP contribution >= 0.6 is 31.9 Å². The molecule has 0 amide bonds. The fraction of sp³-hybridized carbons (Fsp3) is 0.286. The number of rotatable bonds is 10. The molecule has 2 aromatic carbocycles. The average Bonchev–Trinajstić information content (AvgIpc) is 2.88. The molecule has 0 aliphatic rings. The summed E-state index contributed by atoms with van der Waals surface area (Å²) < 4.78 is 33.8. The third kappa shape index (κ3) is 6.76. The Morgan fingerprint density at radius 3 is 1.35 bits per heavy atom. The molecule has 0 N–H and O–H groups in total. The average molecular weight is 632 g/mol. The van der Waals surface area contributed by atoms with Gasteiger partial charge in [-0.25, -0.2) is 18.7 Å². The van der Waals surface area contributed by atoms with Gasteiger partial charge in [0.15, 0.2) is 0 Å². The van der Waals surface area contributed by atoms with Gasteiger partial charge < -0.3 is 4.74 Å². The van der Waals surface area contributed by atoms with Crippen molar-refractivity contribution in [3.05, 3.63) is 82.9 Å². The maximum absolute atomic E-state index is 13.6. The highest BCUT2D eigenvalue weighted by Crippen LogP contribution is 2.36. The van der Waals surface area contributed by atoms with E-state index in [9.17, 15) is 8.78 Å². The van der Waals surface area contributed by atoms with Crippen molar-refractivity contribution in [3.63, 3.8) is 0 Å². The summed E-state index contributed by atoms with van der Waals surface area (Å²) in [5.74, 6) is 1.27. The van der Waals surface area contributed by atoms with E-state index in [0.717, 1.165) is 45.8 Å². The molecule has 2 aromatic heterocycles. The molecule has 0 saturated heterocycles. The summed E-state index contributed by atoms with van der Waals surface area (Å²) in [5, 5.41) is 1.59. The van der Waals surface area contributed by atoms with E-state index in [0.29, 0.717) is 47.6 Å². The molecule has 0 aliphatic carbocycles. The predicted octanol–water partition coefficient (Wildman–Crippen LogP) is 7.94. The first-order chi connectivity index (χ1) is 17.9. The Morgan fingerprint density at radius 2 is 1.00 bits per heavy atom. The first-order valence-corrected chi connectivity index (χ1v) is 14.2. The second kappa shape index (κ2) is 12.6. The third-order valence-corrected chi connectivity index (χ3v) is 6.83. The number of hydrogen-bond acceptors (Lipinski definition) is 5. The van der Waals surface area contributed by atoms with Gasteiger partial charge in [0.05, 0.1) is 11.4 Å². The number of hydrogen-bond donors (Lipinski definition) is 0. The highest BCUT2D eigenvalue weighted by atomic mass is 79.9. The molecule has 0 aliphatic heterocycles. The number of halogens is 4. The zero-order chi connectivity index (χ0) is 26.4. The zero-order valence-corrected chi connectivity index (χ0v) is 23.7. The first-order valence-electron chi connectivity index (χ1n) is 12.0. The van der Waals surface area contributed by atoms with Gasteiger partial charge in [0.1, 0.15) is 23.3 Å². The normalized spacial score (nSPS) is 11.1. The molecule has 0 unspecified atom stereocenters. The smallest absolute Gasteiger partial charge is 0.228 e. The Labute approximate surface area is 232 Å². The van der Waals surface area contributed by atoms with E-state index < -0.39 is 0 Å². The Kier molecular flexibility index (Phi) is 9.32. The molecule has 4 aromatic rings. The van der Waals surface area contributed by atoms with Crippen LogP contribution in [0.1, 0.15) is 35.6 Å². The fourth-order valence-electron chi connectivity index (χ4n) is 4.03. The van der Waals surface area contributed by atoms with Gasteiger partial charge in [0.2, 0.25) is 11.8 Å². The van der Waals surface area contributed by atoms with Crippen LogP contribution in [0.3, 0.4) is 0 Å². The standard InChI is InChI=1S/C28H26Br2F2N4O/c1-17-33-25(19-7-11-21(31)12-8-19)23(5-3-15-29)27(35-17)37-28-24(6-4-16-30)26(34-18(2)36-28)20-9-13-22(32)14-10-20/h7-14H,3-6,15-16H2,1-2H3. The van der Waals surface area contributed by atoms with Crippen LogP contribution in [0.5, 0.6) is 11.8 Å². The second-order valence-electron chi connectivity index (χ2n) is 8.51. The molecular formula is C28H26Br2F2N4O. The van der Waals surface area contributed by atoms with Gasteiger partial charge >= 0.3 is 0 Å². The molecule has 0 atom stereocenters. The van der Waals surface area contributed by atoms with Crippen LogP contribution in [-0.4, -0.2) is 30.6 Å². The maximum Gasteiger partial charge on any atom is 0.228 e. The lowest BCUT2D eigenvalue weighted by atomic mass is 10.0. The summed E-state index contributed by atoms with van der Waals surface area (Å²) in [5.41, 5.74) is 4.62. The van der Waals surface area contributed by atoms with Crippen molar-refractivity contribution in [2.24, 2.45) is 0 Å². The van der Waals surface area contributed by atoms with Crippen molar-refractivity contribution >= 4 is 31.9 Å². The fourth-order valence-corrected chi connectivity index (χ4v) is 4.59. The van der Waals surface area contributed by atoms with Crippen molar-refractivity contribution in [1.82, 2.24) is 19.9 Å². The van der Waals surface area contributed by atoms with Gasteiger partial charge in [-0.3, -0.25) is 0 Å². The van der Waals surface area contributed by atoms with E-state index in [2.05, 4.69) is 51.8 Å². The lowest BCUT2D eigenvalue weighted by molar-refractivity contribution is 0.427. The highest BCUT2D eigenvalue weighted by molar-refractivity contribution is 9.09. The van der Waals surface area contributed by atoms with Crippen LogP contribution in [0.25, 0.3) is 22.5 Å². The highest BCUT2D eigenvalue weighted by Gasteiger charge is 2.21. The molecule has 0 spiro atoms. The van der Waals surface area contributed by atoms with E-state index in [-0.39, 0.29) is 11.6 Å². The van der Waals surface area contributed by atoms with Crippen molar-refractivity contribution < 1.29 is 13.5 Å². The Morgan fingerprint density at radius 1 is 0.622 bits per heavy atom. The summed E-state index contributed by atoms with van der Waals surface area (Å²) in [7, 11) is 0. The van der Waals surface area contributed by atoms with Crippen molar-refractivity contribution in [1.29, 1.82) is 0 Å². The van der Waals surface area contributed by atoms with Crippen molar-refractivity contribution in [3.8, 4) is 34.3 Å². The van der Waals surface area contributed by atoms with Gasteiger partial charge in [-0.05, 0) is 88.1 Å². The van der Waals surface area contributed by atoms with Crippen LogP contribution < -0.4 is 4.74 Å². The molecule has 37 heavy (non-hydrogen) atoms. The van der Waals surface area contributed by atoms with Gasteiger partial charge in [-0.15, -0.1) is 0 Å². The molecular weight excluding hydrogens is 606 g/mol. The topological polar surface area (TPSA) is 60.8 Å². The molecule has 9 heteroatoms. The van der Waals surface area contributed by atoms with E-state index in [1.54, 1.807) is 38.1 Å². The molecule has 0 radical (unpaired) electrons. The Bertz CT molecular complexity index is 1260. The largest absolute Gasteiger partial charge is 0.420 e. The second-order valence-corrected chi connectivity index (χ2v) is 10.1. The predicted molar refractivity (Wildman–Crippen MR) is 149 cm³/mol. The van der Waals surface area contributed by atoms with Gasteiger partial charge in [-0.2, -0.15) is 9.97 Å². The molecule has 192 valence electrons. The SMILES string of the molecule is Cc1nc(Oc2nc(C)nc(-c3ccc(F)cc3)c2CCCBr)c(CCCBr)c(-c2ccc(F)cc2)n1. The summed E-state index contributed by atoms with van der Waals surface area (Å²) in [6.45, 7) is 3.60. The molecule has 4 rings (SSSR count). The third-order valence-electron chi connectivity index (χ3n) is 5.71. The number of ether oxygens (including phenoxy) is 1. The van der Waals surface area contributed by atoms with Gasteiger partial charge in [-0.1, -0.05) is 31.9 Å². The summed E-state index contributed by atoms with van der Waals surface area (Å²) >= 11 is 7.02. The van der Waals surface area contributed by atoms with E-state index >= 15 is 0 Å². The van der Waals surface area contributed by atoms with E-state index in [4.69, 9.17) is 4.74 Å². The molecule has 0 bridgehead atoms. The van der Waals surface area contributed by atoms with Gasteiger partial charge in [0, 0.05) is 32.9 Å². The Hall–Kier alpha value is -2.78. The van der Waals surface area contributed by atoms with Crippen LogP contribution in [0, 0.1) is 25.5 Å². The summed E-state index contributed by atoms with van der Waals surface area (Å²) in [6.07, 6.45) is 2.96. The van der Waals surface area contributed by atoms with Crippen LogP contribution in [0.15, 0.2) is 48.5 Å². The van der Waals surface area contributed by atoms with Crippen molar-refractivity contribution in [2.75, 3.05) is 10.7 Å². The van der Waals surface area contributed by atoms with Crippen molar-refractivity contribution in [2.45, 2.75) is 39.5 Å². The molecule has 2 heterocycles. The summed E-state index contributed by atoms with van der Waals surface area (Å²) in [6, 6.07) is 12.5. The minimum absolute atomic E-state index is 0.311. The van der Waals surface area contributed by atoms with E-state index in [1.807, 2.05) is 0 Å². The molecule has 0 saturated carbocycles. The number of alkyl halides is 2. The van der Waals surface area contributed by atoms with Gasteiger partial charge in [0.25, 0.3) is 0 Å². The number of aromatic nitrogens is 4. The lowest BCUT2D eigenvalue weighted by Crippen LogP contribution is -2.08.